The average molecular weight is 376 g/mol. The third kappa shape index (κ3) is 5.77. The Morgan fingerprint density at radius 2 is 1.85 bits per heavy atom. The Morgan fingerprint density at radius 3 is 2.46 bits per heavy atom. The van der Waals surface area contributed by atoms with E-state index in [0.29, 0.717) is 24.3 Å². The van der Waals surface area contributed by atoms with Crippen LogP contribution in [0.3, 0.4) is 0 Å². The predicted octanol–water partition coefficient (Wildman–Crippen LogP) is 3.25. The van der Waals surface area contributed by atoms with Crippen molar-refractivity contribution in [1.82, 2.24) is 0 Å². The molecule has 0 fully saturated rings. The van der Waals surface area contributed by atoms with E-state index in [1.165, 1.54) is 24.3 Å². The van der Waals surface area contributed by atoms with Gasteiger partial charge in [0.2, 0.25) is 15.9 Å². The second-order valence-corrected chi connectivity index (χ2v) is 8.02. The summed E-state index contributed by atoms with van der Waals surface area (Å²) >= 11 is 0. The number of sulfonamides is 1. The van der Waals surface area contributed by atoms with Crippen LogP contribution in [0, 0.1) is 13.8 Å². The Bertz CT molecular complexity index is 908. The van der Waals surface area contributed by atoms with Crippen molar-refractivity contribution in [1.29, 1.82) is 0 Å². The van der Waals surface area contributed by atoms with E-state index in [2.05, 4.69) is 16.1 Å². The lowest BCUT2D eigenvalue weighted by atomic mass is 10.0. The van der Waals surface area contributed by atoms with Gasteiger partial charge in [-0.2, -0.15) is 0 Å². The second kappa shape index (κ2) is 8.23. The van der Waals surface area contributed by atoms with Crippen molar-refractivity contribution in [2.45, 2.75) is 26.7 Å². The number of rotatable bonds is 7. The molecular weight excluding hydrogens is 352 g/mol. The predicted molar refractivity (Wildman–Crippen MR) is 104 cm³/mol. The molecule has 2 N–H and O–H groups in total. The number of amides is 1. The third-order valence-corrected chi connectivity index (χ3v) is 4.49. The summed E-state index contributed by atoms with van der Waals surface area (Å²) in [7, 11) is -2.00. The lowest BCUT2D eigenvalue weighted by Gasteiger charge is -2.13. The maximum atomic E-state index is 12.2. The molecule has 0 atom stereocenters. The van der Waals surface area contributed by atoms with Crippen molar-refractivity contribution in [3.63, 3.8) is 0 Å². The summed E-state index contributed by atoms with van der Waals surface area (Å²) in [5, 5.41) is 2.79. The van der Waals surface area contributed by atoms with Gasteiger partial charge in [0.25, 0.3) is 0 Å². The molecular formula is C19H24N2O4S. The van der Waals surface area contributed by atoms with Crippen LogP contribution in [-0.4, -0.2) is 27.7 Å². The third-order valence-electron chi connectivity index (χ3n) is 3.90. The number of hydrogen-bond acceptors (Lipinski definition) is 4. The van der Waals surface area contributed by atoms with Crippen LogP contribution >= 0.6 is 0 Å². The van der Waals surface area contributed by atoms with Crippen LogP contribution in [0.1, 0.15) is 23.1 Å². The summed E-state index contributed by atoms with van der Waals surface area (Å²) in [6.07, 6.45) is 2.04. The molecule has 0 aliphatic carbocycles. The summed E-state index contributed by atoms with van der Waals surface area (Å²) < 4.78 is 30.4. The maximum absolute atomic E-state index is 12.2. The number of carbonyl (C=O) groups is 1. The molecule has 6 nitrogen and oxygen atoms in total. The van der Waals surface area contributed by atoms with Crippen LogP contribution in [0.25, 0.3) is 0 Å². The highest BCUT2D eigenvalue weighted by molar-refractivity contribution is 7.92. The molecule has 0 unspecified atom stereocenters. The zero-order valence-electron chi connectivity index (χ0n) is 15.4. The first-order valence-electron chi connectivity index (χ1n) is 8.20. The average Bonchev–Trinajstić information content (AvgIpc) is 2.53. The molecule has 2 rings (SSSR count). The Labute approximate surface area is 154 Å². The van der Waals surface area contributed by atoms with Crippen molar-refractivity contribution >= 4 is 27.3 Å². The van der Waals surface area contributed by atoms with E-state index >= 15 is 0 Å². The van der Waals surface area contributed by atoms with E-state index in [-0.39, 0.29) is 11.6 Å². The Morgan fingerprint density at radius 1 is 1.12 bits per heavy atom. The minimum atomic E-state index is -3.45. The number of nitrogens with one attached hydrogen (secondary N) is 2. The van der Waals surface area contributed by atoms with Crippen LogP contribution in [0.15, 0.2) is 36.4 Å². The first-order valence-corrected chi connectivity index (χ1v) is 10.1. The van der Waals surface area contributed by atoms with Crippen LogP contribution in [0.4, 0.5) is 11.4 Å². The van der Waals surface area contributed by atoms with E-state index in [1.54, 1.807) is 12.1 Å². The Kier molecular flexibility index (Phi) is 6.26. The zero-order chi connectivity index (χ0) is 19.3. The van der Waals surface area contributed by atoms with Gasteiger partial charge in [-0.1, -0.05) is 23.8 Å². The quantitative estimate of drug-likeness (QED) is 0.777. The molecule has 0 heterocycles. The van der Waals surface area contributed by atoms with Gasteiger partial charge >= 0.3 is 0 Å². The van der Waals surface area contributed by atoms with Gasteiger partial charge in [0.05, 0.1) is 19.1 Å². The van der Waals surface area contributed by atoms with Crippen molar-refractivity contribution in [3.8, 4) is 5.75 Å². The summed E-state index contributed by atoms with van der Waals surface area (Å²) in [4.78, 5) is 12.2. The number of aryl methyl sites for hydroxylation is 3. The largest absolute Gasteiger partial charge is 0.495 e. The molecule has 2 aromatic rings. The van der Waals surface area contributed by atoms with E-state index in [9.17, 15) is 13.2 Å². The van der Waals surface area contributed by atoms with Gasteiger partial charge in [0.1, 0.15) is 5.75 Å². The van der Waals surface area contributed by atoms with Crippen molar-refractivity contribution in [2.24, 2.45) is 0 Å². The van der Waals surface area contributed by atoms with Crippen LogP contribution in [0.5, 0.6) is 5.75 Å². The molecule has 7 heteroatoms. The number of ether oxygens (including phenoxy) is 1. The fourth-order valence-electron chi connectivity index (χ4n) is 2.66. The standard InChI is InChI=1S/C19H24N2O4S/c1-13-5-6-15(14(2)11-13)7-10-19(22)20-16-8-9-18(25-3)17(12-16)21-26(4,23)24/h5-6,8-9,11-12,21H,7,10H2,1-4H3,(H,20,22). The molecule has 140 valence electrons. The van der Waals surface area contributed by atoms with Crippen LogP contribution in [0.2, 0.25) is 0 Å². The maximum Gasteiger partial charge on any atom is 0.229 e. The number of benzene rings is 2. The Hall–Kier alpha value is -2.54. The molecule has 0 spiro atoms. The van der Waals surface area contributed by atoms with Gasteiger partial charge in [-0.15, -0.1) is 0 Å². The molecule has 0 saturated heterocycles. The highest BCUT2D eigenvalue weighted by Gasteiger charge is 2.11. The first kappa shape index (κ1) is 19.8. The second-order valence-electron chi connectivity index (χ2n) is 6.27. The first-order chi connectivity index (χ1) is 12.2. The lowest BCUT2D eigenvalue weighted by Crippen LogP contribution is -2.14. The molecule has 2 aromatic carbocycles. The summed E-state index contributed by atoms with van der Waals surface area (Å²) in [6.45, 7) is 4.07. The highest BCUT2D eigenvalue weighted by atomic mass is 32.2. The number of carbonyl (C=O) groups excluding carboxylic acids is 1. The fraction of sp³-hybridized carbons (Fsp3) is 0.316. The zero-order valence-corrected chi connectivity index (χ0v) is 16.2. The summed E-state index contributed by atoms with van der Waals surface area (Å²) in [6, 6.07) is 11.0. The van der Waals surface area contributed by atoms with Gasteiger partial charge in [0.15, 0.2) is 0 Å². The fourth-order valence-corrected chi connectivity index (χ4v) is 3.22. The SMILES string of the molecule is COc1ccc(NC(=O)CCc2ccc(C)cc2C)cc1NS(C)(=O)=O. The molecule has 1 amide bonds. The Balaban J connectivity index is 2.05. The van der Waals surface area contributed by atoms with E-state index in [1.807, 2.05) is 26.0 Å². The highest BCUT2D eigenvalue weighted by Crippen LogP contribution is 2.28. The summed E-state index contributed by atoms with van der Waals surface area (Å²) in [5.74, 6) is 0.240. The minimum absolute atomic E-state index is 0.138. The number of methoxy groups -OCH3 is 1. The smallest absolute Gasteiger partial charge is 0.229 e. The molecule has 0 radical (unpaired) electrons. The minimum Gasteiger partial charge on any atom is -0.495 e. The summed E-state index contributed by atoms with van der Waals surface area (Å²) in [5.41, 5.74) is 4.28. The molecule has 0 aromatic heterocycles. The molecule has 0 aliphatic heterocycles. The topological polar surface area (TPSA) is 84.5 Å². The number of hydrogen-bond donors (Lipinski definition) is 2. The van der Waals surface area contributed by atoms with Gasteiger partial charge in [-0.3, -0.25) is 9.52 Å². The van der Waals surface area contributed by atoms with E-state index < -0.39 is 10.0 Å². The molecule has 0 saturated carbocycles. The van der Waals surface area contributed by atoms with Crippen LogP contribution < -0.4 is 14.8 Å². The molecule has 0 bridgehead atoms. The van der Waals surface area contributed by atoms with E-state index in [4.69, 9.17) is 4.74 Å². The number of anilines is 2. The molecule has 26 heavy (non-hydrogen) atoms. The van der Waals surface area contributed by atoms with Crippen molar-refractivity contribution in [2.75, 3.05) is 23.4 Å². The van der Waals surface area contributed by atoms with Gasteiger partial charge in [0, 0.05) is 12.1 Å². The van der Waals surface area contributed by atoms with Gasteiger partial charge in [-0.05, 0) is 49.6 Å². The monoisotopic (exact) mass is 376 g/mol. The van der Waals surface area contributed by atoms with Gasteiger partial charge < -0.3 is 10.1 Å². The van der Waals surface area contributed by atoms with E-state index in [0.717, 1.165) is 11.8 Å². The van der Waals surface area contributed by atoms with Crippen LogP contribution in [-0.2, 0) is 21.2 Å². The normalized spacial score (nSPS) is 11.1. The lowest BCUT2D eigenvalue weighted by molar-refractivity contribution is -0.116. The van der Waals surface area contributed by atoms with Crippen molar-refractivity contribution in [3.05, 3.63) is 53.1 Å². The molecule has 0 aliphatic rings. The van der Waals surface area contributed by atoms with Crippen molar-refractivity contribution < 1.29 is 17.9 Å². The van der Waals surface area contributed by atoms with Gasteiger partial charge in [-0.25, -0.2) is 8.42 Å².